The lowest BCUT2D eigenvalue weighted by atomic mass is 10.1. The van der Waals surface area contributed by atoms with Gasteiger partial charge in [0.05, 0.1) is 5.52 Å². The standard InChI is InChI=1S/C24H24N4/c1-27-12-14-28(15-13-27)21-8-6-20(7-9-21)26-23-10-11-25-24-17-19-5-3-2-4-18(19)16-22(23)24/h2-11,16-17H,12-15H2,1H3,(H,25,26). The zero-order chi connectivity index (χ0) is 18.9. The number of aromatic nitrogens is 1. The number of hydrogen-bond acceptors (Lipinski definition) is 4. The molecule has 1 fully saturated rings. The van der Waals surface area contributed by atoms with Crippen LogP contribution in [0.2, 0.25) is 0 Å². The summed E-state index contributed by atoms with van der Waals surface area (Å²) < 4.78 is 0. The monoisotopic (exact) mass is 368 g/mol. The average Bonchev–Trinajstić information content (AvgIpc) is 2.74. The zero-order valence-electron chi connectivity index (χ0n) is 16.1. The fourth-order valence-electron chi connectivity index (χ4n) is 3.92. The van der Waals surface area contributed by atoms with Gasteiger partial charge in [0.15, 0.2) is 0 Å². The van der Waals surface area contributed by atoms with Crippen LogP contribution >= 0.6 is 0 Å². The molecule has 4 nitrogen and oxygen atoms in total. The van der Waals surface area contributed by atoms with Crippen LogP contribution in [-0.2, 0) is 0 Å². The van der Waals surface area contributed by atoms with E-state index >= 15 is 0 Å². The Morgan fingerprint density at radius 3 is 2.29 bits per heavy atom. The van der Waals surface area contributed by atoms with E-state index in [0.717, 1.165) is 48.5 Å². The largest absolute Gasteiger partial charge is 0.369 e. The summed E-state index contributed by atoms with van der Waals surface area (Å²) in [7, 11) is 2.19. The Morgan fingerprint density at radius 2 is 1.54 bits per heavy atom. The van der Waals surface area contributed by atoms with Crippen LogP contribution in [0.1, 0.15) is 0 Å². The van der Waals surface area contributed by atoms with Crippen molar-refractivity contribution in [1.82, 2.24) is 9.88 Å². The first-order valence-corrected chi connectivity index (χ1v) is 9.84. The van der Waals surface area contributed by atoms with Gasteiger partial charge in [0, 0.05) is 54.8 Å². The maximum atomic E-state index is 4.56. The van der Waals surface area contributed by atoms with E-state index in [4.69, 9.17) is 0 Å². The van der Waals surface area contributed by atoms with Gasteiger partial charge in [-0.05, 0) is 60.3 Å². The fourth-order valence-corrected chi connectivity index (χ4v) is 3.92. The first kappa shape index (κ1) is 17.0. The molecule has 0 amide bonds. The van der Waals surface area contributed by atoms with Crippen molar-refractivity contribution in [3.63, 3.8) is 0 Å². The van der Waals surface area contributed by atoms with Crippen molar-refractivity contribution in [2.45, 2.75) is 0 Å². The number of pyridine rings is 1. The lowest BCUT2D eigenvalue weighted by Crippen LogP contribution is -2.44. The molecule has 1 aliphatic rings. The molecule has 1 saturated heterocycles. The van der Waals surface area contributed by atoms with Crippen LogP contribution in [0.15, 0.2) is 72.9 Å². The molecule has 4 aromatic rings. The summed E-state index contributed by atoms with van der Waals surface area (Å²) in [6.07, 6.45) is 1.87. The molecule has 5 rings (SSSR count). The van der Waals surface area contributed by atoms with Gasteiger partial charge < -0.3 is 15.1 Å². The molecule has 28 heavy (non-hydrogen) atoms. The second kappa shape index (κ2) is 7.13. The lowest BCUT2D eigenvalue weighted by molar-refractivity contribution is 0.313. The molecule has 4 heteroatoms. The zero-order valence-corrected chi connectivity index (χ0v) is 16.1. The highest BCUT2D eigenvalue weighted by atomic mass is 15.2. The first-order chi connectivity index (χ1) is 13.8. The third kappa shape index (κ3) is 3.27. The summed E-state index contributed by atoms with van der Waals surface area (Å²) in [5, 5.41) is 7.18. The maximum Gasteiger partial charge on any atom is 0.0729 e. The van der Waals surface area contributed by atoms with Gasteiger partial charge in [-0.3, -0.25) is 4.98 Å². The summed E-state index contributed by atoms with van der Waals surface area (Å²) in [6.45, 7) is 4.42. The summed E-state index contributed by atoms with van der Waals surface area (Å²) in [5.41, 5.74) is 4.49. The normalized spacial score (nSPS) is 15.2. The van der Waals surface area contributed by atoms with Crippen molar-refractivity contribution in [3.05, 3.63) is 72.9 Å². The quantitative estimate of drug-likeness (QED) is 0.522. The minimum atomic E-state index is 1.01. The van der Waals surface area contributed by atoms with Gasteiger partial charge in [-0.25, -0.2) is 0 Å². The summed E-state index contributed by atoms with van der Waals surface area (Å²) in [4.78, 5) is 9.40. The van der Waals surface area contributed by atoms with Crippen LogP contribution in [0.3, 0.4) is 0 Å². The summed E-state index contributed by atoms with van der Waals surface area (Å²) in [5.74, 6) is 0. The van der Waals surface area contributed by atoms with Crippen LogP contribution in [-0.4, -0.2) is 43.1 Å². The average molecular weight is 368 g/mol. The lowest BCUT2D eigenvalue weighted by Gasteiger charge is -2.34. The molecule has 1 aromatic heterocycles. The molecule has 3 aromatic carbocycles. The summed E-state index contributed by atoms with van der Waals surface area (Å²) >= 11 is 0. The number of hydrogen-bond donors (Lipinski definition) is 1. The molecule has 0 unspecified atom stereocenters. The first-order valence-electron chi connectivity index (χ1n) is 9.84. The molecule has 0 saturated carbocycles. The van der Waals surface area contributed by atoms with E-state index in [9.17, 15) is 0 Å². The van der Waals surface area contributed by atoms with Crippen LogP contribution in [0.25, 0.3) is 21.7 Å². The molecule has 2 heterocycles. The third-order valence-corrected chi connectivity index (χ3v) is 5.62. The predicted octanol–water partition coefficient (Wildman–Crippen LogP) is 4.88. The van der Waals surface area contributed by atoms with Gasteiger partial charge in [-0.2, -0.15) is 0 Å². The third-order valence-electron chi connectivity index (χ3n) is 5.62. The number of likely N-dealkylation sites (N-methyl/N-ethyl adjacent to an activating group) is 1. The number of nitrogens with one attached hydrogen (secondary N) is 1. The van der Waals surface area contributed by atoms with E-state index in [1.807, 2.05) is 12.3 Å². The number of anilines is 3. The van der Waals surface area contributed by atoms with Gasteiger partial charge in [0.1, 0.15) is 0 Å². The maximum absolute atomic E-state index is 4.56. The Kier molecular flexibility index (Phi) is 4.34. The molecule has 0 atom stereocenters. The molecule has 0 radical (unpaired) electrons. The summed E-state index contributed by atoms with van der Waals surface area (Å²) in [6, 6.07) is 23.6. The van der Waals surface area contributed by atoms with Gasteiger partial charge in [0.2, 0.25) is 0 Å². The van der Waals surface area contributed by atoms with Gasteiger partial charge in [0.25, 0.3) is 0 Å². The Morgan fingerprint density at radius 1 is 0.821 bits per heavy atom. The predicted molar refractivity (Wildman–Crippen MR) is 119 cm³/mol. The van der Waals surface area contributed by atoms with Crippen molar-refractivity contribution in [3.8, 4) is 0 Å². The number of piperazine rings is 1. The van der Waals surface area contributed by atoms with Crippen molar-refractivity contribution in [2.24, 2.45) is 0 Å². The minimum Gasteiger partial charge on any atom is -0.369 e. The highest BCUT2D eigenvalue weighted by Crippen LogP contribution is 2.29. The number of nitrogens with zero attached hydrogens (tertiary/aromatic N) is 3. The number of fused-ring (bicyclic) bond motifs is 2. The molecule has 0 aliphatic carbocycles. The van der Waals surface area contributed by atoms with E-state index in [-0.39, 0.29) is 0 Å². The van der Waals surface area contributed by atoms with Crippen molar-refractivity contribution in [1.29, 1.82) is 0 Å². The second-order valence-corrected chi connectivity index (χ2v) is 7.54. The van der Waals surface area contributed by atoms with Crippen molar-refractivity contribution in [2.75, 3.05) is 43.4 Å². The molecule has 0 spiro atoms. The molecule has 140 valence electrons. The SMILES string of the molecule is CN1CCN(c2ccc(Nc3ccnc4cc5ccccc5cc34)cc2)CC1. The van der Waals surface area contributed by atoms with Gasteiger partial charge in [-0.15, -0.1) is 0 Å². The highest BCUT2D eigenvalue weighted by molar-refractivity contribution is 6.02. The Bertz CT molecular complexity index is 1110. The van der Waals surface area contributed by atoms with E-state index in [0.29, 0.717) is 0 Å². The Hall–Kier alpha value is -3.11. The Balaban J connectivity index is 1.42. The van der Waals surface area contributed by atoms with Crippen LogP contribution in [0.5, 0.6) is 0 Å². The molecular formula is C24H24N4. The van der Waals surface area contributed by atoms with Crippen LogP contribution < -0.4 is 10.2 Å². The topological polar surface area (TPSA) is 31.4 Å². The van der Waals surface area contributed by atoms with E-state index in [2.05, 4.69) is 87.8 Å². The molecule has 1 N–H and O–H groups in total. The van der Waals surface area contributed by atoms with Crippen LogP contribution in [0.4, 0.5) is 17.1 Å². The molecule has 1 aliphatic heterocycles. The Labute approximate surface area is 165 Å². The van der Waals surface area contributed by atoms with Crippen molar-refractivity contribution >= 4 is 38.7 Å². The highest BCUT2D eigenvalue weighted by Gasteiger charge is 2.14. The van der Waals surface area contributed by atoms with Gasteiger partial charge >= 0.3 is 0 Å². The number of rotatable bonds is 3. The molecular weight excluding hydrogens is 344 g/mol. The fraction of sp³-hybridized carbons (Fsp3) is 0.208. The van der Waals surface area contributed by atoms with E-state index < -0.39 is 0 Å². The second-order valence-electron chi connectivity index (χ2n) is 7.54. The minimum absolute atomic E-state index is 1.01. The molecule has 0 bridgehead atoms. The van der Waals surface area contributed by atoms with Crippen LogP contribution in [0, 0.1) is 0 Å². The van der Waals surface area contributed by atoms with E-state index in [1.165, 1.54) is 16.5 Å². The van der Waals surface area contributed by atoms with E-state index in [1.54, 1.807) is 0 Å². The van der Waals surface area contributed by atoms with Crippen molar-refractivity contribution < 1.29 is 0 Å². The number of benzene rings is 3. The van der Waals surface area contributed by atoms with Gasteiger partial charge in [-0.1, -0.05) is 24.3 Å². The smallest absolute Gasteiger partial charge is 0.0729 e.